The lowest BCUT2D eigenvalue weighted by Gasteiger charge is -2.23. The quantitative estimate of drug-likeness (QED) is 0.843. The summed E-state index contributed by atoms with van der Waals surface area (Å²) in [7, 11) is 1.29. The Morgan fingerprint density at radius 1 is 1.52 bits per heavy atom. The molecule has 128 valence electrons. The molecule has 5 nitrogen and oxygen atoms in total. The zero-order chi connectivity index (χ0) is 17.0. The first-order valence-electron chi connectivity index (χ1n) is 8.13. The summed E-state index contributed by atoms with van der Waals surface area (Å²) in [6, 6.07) is 1.50. The molecule has 0 spiro atoms. The van der Waals surface area contributed by atoms with Gasteiger partial charge in [0.15, 0.2) is 11.6 Å². The van der Waals surface area contributed by atoms with Gasteiger partial charge in [-0.25, -0.2) is 4.39 Å². The fraction of sp³-hybridized carbons (Fsp3) is 0.588. The number of methoxy groups -OCH3 is 1. The van der Waals surface area contributed by atoms with Crippen LogP contribution >= 0.6 is 0 Å². The first-order valence-corrected chi connectivity index (χ1v) is 8.13. The predicted octanol–water partition coefficient (Wildman–Crippen LogP) is 2.32. The number of aryl methyl sites for hydroxylation is 1. The Morgan fingerprint density at radius 2 is 2.26 bits per heavy atom. The molecular formula is C17H25FN2O3. The van der Waals surface area contributed by atoms with Crippen molar-refractivity contribution in [3.8, 4) is 11.5 Å². The highest BCUT2D eigenvalue weighted by molar-refractivity contribution is 6.00. The van der Waals surface area contributed by atoms with E-state index in [2.05, 4.69) is 17.1 Å². The highest BCUT2D eigenvalue weighted by atomic mass is 19.1. The van der Waals surface area contributed by atoms with Crippen molar-refractivity contribution in [3.63, 3.8) is 0 Å². The van der Waals surface area contributed by atoms with Crippen LogP contribution in [0.4, 0.5) is 4.39 Å². The van der Waals surface area contributed by atoms with Crippen LogP contribution in [-0.4, -0.2) is 48.7 Å². The minimum atomic E-state index is -0.636. The molecule has 1 fully saturated rings. The molecule has 1 aliphatic rings. The summed E-state index contributed by atoms with van der Waals surface area (Å²) < 4.78 is 19.1. The molecular weight excluding hydrogens is 299 g/mol. The largest absolute Gasteiger partial charge is 0.507 e. The highest BCUT2D eigenvalue weighted by Gasteiger charge is 2.27. The summed E-state index contributed by atoms with van der Waals surface area (Å²) in [5.41, 5.74) is 0.273. The van der Waals surface area contributed by atoms with Crippen LogP contribution in [0, 0.1) is 5.82 Å². The number of amides is 1. The molecule has 1 aromatic carbocycles. The van der Waals surface area contributed by atoms with E-state index in [0.29, 0.717) is 18.5 Å². The lowest BCUT2D eigenvalue weighted by molar-refractivity contribution is 0.0934. The van der Waals surface area contributed by atoms with E-state index in [-0.39, 0.29) is 23.1 Å². The van der Waals surface area contributed by atoms with E-state index in [1.807, 2.05) is 0 Å². The van der Waals surface area contributed by atoms with Gasteiger partial charge in [-0.2, -0.15) is 0 Å². The van der Waals surface area contributed by atoms with Gasteiger partial charge in [0.05, 0.1) is 7.11 Å². The van der Waals surface area contributed by atoms with Gasteiger partial charge in [-0.15, -0.1) is 0 Å². The maximum absolute atomic E-state index is 14.1. The molecule has 1 atom stereocenters. The van der Waals surface area contributed by atoms with Crippen LogP contribution in [-0.2, 0) is 6.42 Å². The van der Waals surface area contributed by atoms with E-state index < -0.39 is 11.7 Å². The number of hydrogen-bond donors (Lipinski definition) is 2. The molecule has 1 aliphatic heterocycles. The number of ether oxygens (including phenoxy) is 1. The molecule has 0 unspecified atom stereocenters. The number of phenols is 1. The zero-order valence-electron chi connectivity index (χ0n) is 14.0. The van der Waals surface area contributed by atoms with E-state index in [1.54, 1.807) is 6.92 Å². The van der Waals surface area contributed by atoms with Gasteiger partial charge in [0.25, 0.3) is 5.91 Å². The van der Waals surface area contributed by atoms with Gasteiger partial charge < -0.3 is 15.2 Å². The van der Waals surface area contributed by atoms with Crippen LogP contribution < -0.4 is 10.1 Å². The van der Waals surface area contributed by atoms with E-state index in [0.717, 1.165) is 25.9 Å². The average Bonchev–Trinajstić information content (AvgIpc) is 3.01. The highest BCUT2D eigenvalue weighted by Crippen LogP contribution is 2.34. The van der Waals surface area contributed by atoms with Crippen molar-refractivity contribution in [1.82, 2.24) is 10.2 Å². The van der Waals surface area contributed by atoms with E-state index in [1.165, 1.54) is 13.2 Å². The normalized spacial score (nSPS) is 18.2. The molecule has 1 aromatic rings. The van der Waals surface area contributed by atoms with Crippen molar-refractivity contribution >= 4 is 5.91 Å². The third-order valence-electron chi connectivity index (χ3n) is 4.50. The summed E-state index contributed by atoms with van der Waals surface area (Å²) in [5.74, 6) is -1.56. The van der Waals surface area contributed by atoms with Gasteiger partial charge in [0.2, 0.25) is 0 Å². The number of rotatable bonds is 6. The Labute approximate surface area is 136 Å². The third-order valence-corrected chi connectivity index (χ3v) is 4.50. The van der Waals surface area contributed by atoms with E-state index >= 15 is 0 Å². The summed E-state index contributed by atoms with van der Waals surface area (Å²) in [6.45, 7) is 6.34. The lowest BCUT2D eigenvalue weighted by Crippen LogP contribution is -2.40. The summed E-state index contributed by atoms with van der Waals surface area (Å²) in [5, 5.41) is 13.1. The molecule has 6 heteroatoms. The lowest BCUT2D eigenvalue weighted by atomic mass is 10.0. The van der Waals surface area contributed by atoms with Crippen molar-refractivity contribution in [3.05, 3.63) is 23.0 Å². The second-order valence-corrected chi connectivity index (χ2v) is 5.76. The van der Waals surface area contributed by atoms with Gasteiger partial charge in [0, 0.05) is 12.6 Å². The number of hydrogen-bond acceptors (Lipinski definition) is 4. The number of aromatic hydroxyl groups is 1. The van der Waals surface area contributed by atoms with Crippen LogP contribution in [0.2, 0.25) is 0 Å². The summed E-state index contributed by atoms with van der Waals surface area (Å²) >= 11 is 0. The predicted molar refractivity (Wildman–Crippen MR) is 86.6 cm³/mol. The molecule has 0 bridgehead atoms. The first-order chi connectivity index (χ1) is 11.0. The fourth-order valence-electron chi connectivity index (χ4n) is 3.20. The topological polar surface area (TPSA) is 61.8 Å². The second-order valence-electron chi connectivity index (χ2n) is 5.76. The fourth-order valence-corrected chi connectivity index (χ4v) is 3.20. The number of benzene rings is 1. The Hall–Kier alpha value is -1.82. The van der Waals surface area contributed by atoms with Crippen LogP contribution in [0.5, 0.6) is 11.5 Å². The van der Waals surface area contributed by atoms with Gasteiger partial charge in [0.1, 0.15) is 11.3 Å². The van der Waals surface area contributed by atoms with Gasteiger partial charge >= 0.3 is 0 Å². The number of halogens is 1. The second kappa shape index (κ2) is 7.64. The number of carbonyl (C=O) groups is 1. The monoisotopic (exact) mass is 324 g/mol. The molecule has 0 aromatic heterocycles. The Bertz CT molecular complexity index is 577. The van der Waals surface area contributed by atoms with Crippen molar-refractivity contribution in [2.45, 2.75) is 39.2 Å². The molecule has 2 N–H and O–H groups in total. The molecule has 0 radical (unpaired) electrons. The van der Waals surface area contributed by atoms with Crippen LogP contribution in [0.1, 0.15) is 42.6 Å². The average molecular weight is 324 g/mol. The van der Waals surface area contributed by atoms with Gasteiger partial charge in [-0.05, 0) is 44.0 Å². The molecule has 1 saturated heterocycles. The van der Waals surface area contributed by atoms with Crippen molar-refractivity contribution in [2.75, 3.05) is 26.7 Å². The maximum Gasteiger partial charge on any atom is 0.259 e. The number of carbonyl (C=O) groups excluding carboxylic acids is 1. The molecule has 1 amide bonds. The molecule has 0 aliphatic carbocycles. The smallest absolute Gasteiger partial charge is 0.259 e. The van der Waals surface area contributed by atoms with Gasteiger partial charge in [-0.3, -0.25) is 9.69 Å². The standard InChI is InChI=1S/C17H25FN2O3/c1-4-11-9-13(18)16(23-3)14(15(11)21)17(22)19-10-12-7-6-8-20(12)5-2/h9,12,21H,4-8,10H2,1-3H3,(H,19,22)/t12-/m0/s1. The molecule has 0 saturated carbocycles. The number of nitrogens with zero attached hydrogens (tertiary/aromatic N) is 1. The number of likely N-dealkylation sites (N-methyl/N-ethyl adjacent to an activating group) is 1. The first kappa shape index (κ1) is 17.5. The zero-order valence-corrected chi connectivity index (χ0v) is 14.0. The summed E-state index contributed by atoms with van der Waals surface area (Å²) in [6.07, 6.45) is 2.57. The molecule has 2 rings (SSSR count). The van der Waals surface area contributed by atoms with Crippen LogP contribution in [0.3, 0.4) is 0 Å². The Balaban J connectivity index is 2.19. The number of likely N-dealkylation sites (tertiary alicyclic amines) is 1. The van der Waals surface area contributed by atoms with Crippen molar-refractivity contribution < 1.29 is 19.0 Å². The Kier molecular flexibility index (Phi) is 5.82. The minimum Gasteiger partial charge on any atom is -0.507 e. The Morgan fingerprint density at radius 3 is 2.87 bits per heavy atom. The van der Waals surface area contributed by atoms with E-state index in [9.17, 15) is 14.3 Å². The number of nitrogens with one attached hydrogen (secondary N) is 1. The SMILES string of the molecule is CCc1cc(F)c(OC)c(C(=O)NC[C@@H]2CCCN2CC)c1O. The van der Waals surface area contributed by atoms with Crippen molar-refractivity contribution in [1.29, 1.82) is 0 Å². The third kappa shape index (κ3) is 3.58. The summed E-state index contributed by atoms with van der Waals surface area (Å²) in [4.78, 5) is 14.8. The van der Waals surface area contributed by atoms with Crippen LogP contribution in [0.25, 0.3) is 0 Å². The molecule has 1 heterocycles. The van der Waals surface area contributed by atoms with Gasteiger partial charge in [-0.1, -0.05) is 13.8 Å². The van der Waals surface area contributed by atoms with E-state index in [4.69, 9.17) is 4.74 Å². The minimum absolute atomic E-state index is 0.120. The van der Waals surface area contributed by atoms with Crippen LogP contribution in [0.15, 0.2) is 6.07 Å². The number of phenolic OH excluding ortho intramolecular Hbond substituents is 1. The van der Waals surface area contributed by atoms with Crippen molar-refractivity contribution in [2.24, 2.45) is 0 Å². The molecule has 23 heavy (non-hydrogen) atoms. The maximum atomic E-state index is 14.1.